The molecule has 2 heterocycles. The molecule has 0 bridgehead atoms. The van der Waals surface area contributed by atoms with E-state index in [0.29, 0.717) is 12.5 Å². The van der Waals surface area contributed by atoms with Crippen LogP contribution in [-0.4, -0.2) is 43.9 Å². The fourth-order valence-corrected chi connectivity index (χ4v) is 2.19. The van der Waals surface area contributed by atoms with E-state index in [9.17, 15) is 0 Å². The van der Waals surface area contributed by atoms with Gasteiger partial charge < -0.3 is 19.7 Å². The first-order valence-electron chi connectivity index (χ1n) is 6.85. The number of hydrogen-bond donors (Lipinski definition) is 2. The van der Waals surface area contributed by atoms with Gasteiger partial charge in [0.2, 0.25) is 18.7 Å². The predicted molar refractivity (Wildman–Crippen MR) is 80.6 cm³/mol. The predicted octanol–water partition coefficient (Wildman–Crippen LogP) is 0.728. The third-order valence-electron chi connectivity index (χ3n) is 3.20. The van der Waals surface area contributed by atoms with Crippen LogP contribution in [0.15, 0.2) is 28.2 Å². The molecule has 112 valence electrons. The van der Waals surface area contributed by atoms with Crippen LogP contribution in [0.5, 0.6) is 11.5 Å². The number of rotatable bonds is 2. The maximum atomic E-state index is 5.50. The summed E-state index contributed by atoms with van der Waals surface area (Å²) < 4.78 is 10.9. The van der Waals surface area contributed by atoms with Crippen molar-refractivity contribution in [3.05, 3.63) is 23.8 Å². The first-order chi connectivity index (χ1) is 10.1. The first kappa shape index (κ1) is 13.5. The molecular formula is C14H19N5O2. The lowest BCUT2D eigenvalue weighted by molar-refractivity contribution is 0.173. The zero-order chi connectivity index (χ0) is 14.8. The Labute approximate surface area is 123 Å². The van der Waals surface area contributed by atoms with E-state index >= 15 is 0 Å². The maximum Gasteiger partial charge on any atom is 0.231 e. The smallest absolute Gasteiger partial charge is 0.231 e. The number of fused-ring (bicyclic) bond motifs is 1. The number of benzene rings is 1. The highest BCUT2D eigenvalue weighted by molar-refractivity contribution is 5.99. The lowest BCUT2D eigenvalue weighted by atomic mass is 10.2. The standard InChI is InChI=1S/C14H19N5O2/c1-9-16-13(18-14(17-9)19(2)3)15-7-10-5-4-6-11-12(10)21-8-20-11/h4-6,9H,7-8H2,1-3H3,(H2,15,16,17,18). The number of nitrogens with one attached hydrogen (secondary N) is 2. The van der Waals surface area contributed by atoms with E-state index in [1.807, 2.05) is 44.1 Å². The van der Waals surface area contributed by atoms with Gasteiger partial charge in [0.1, 0.15) is 6.17 Å². The van der Waals surface area contributed by atoms with Gasteiger partial charge in [0.25, 0.3) is 0 Å². The van der Waals surface area contributed by atoms with Gasteiger partial charge in [-0.05, 0) is 13.0 Å². The molecule has 2 N–H and O–H groups in total. The Kier molecular flexibility index (Phi) is 3.55. The fraction of sp³-hybridized carbons (Fsp3) is 0.429. The lowest BCUT2D eigenvalue weighted by Gasteiger charge is -2.24. The van der Waals surface area contributed by atoms with Gasteiger partial charge in [0, 0.05) is 26.2 Å². The molecule has 1 unspecified atom stereocenters. The van der Waals surface area contributed by atoms with Crippen molar-refractivity contribution in [2.24, 2.45) is 9.98 Å². The molecule has 7 nitrogen and oxygen atoms in total. The molecule has 0 spiro atoms. The van der Waals surface area contributed by atoms with E-state index in [1.165, 1.54) is 0 Å². The summed E-state index contributed by atoms with van der Waals surface area (Å²) in [6.45, 7) is 2.83. The molecule has 0 amide bonds. The quantitative estimate of drug-likeness (QED) is 0.840. The zero-order valence-electron chi connectivity index (χ0n) is 12.4. The molecule has 0 aromatic heterocycles. The summed E-state index contributed by atoms with van der Waals surface area (Å²) in [6, 6.07) is 5.87. The zero-order valence-corrected chi connectivity index (χ0v) is 12.4. The Hall–Kier alpha value is -2.44. The molecule has 1 atom stereocenters. The molecule has 0 radical (unpaired) electrons. The van der Waals surface area contributed by atoms with Crippen molar-refractivity contribution in [1.29, 1.82) is 0 Å². The minimum atomic E-state index is -0.104. The van der Waals surface area contributed by atoms with Crippen molar-refractivity contribution in [1.82, 2.24) is 15.5 Å². The Bertz CT molecular complexity index is 597. The molecule has 3 rings (SSSR count). The number of aliphatic imine (C=N–C) groups is 2. The molecule has 0 saturated heterocycles. The average molecular weight is 289 g/mol. The van der Waals surface area contributed by atoms with Gasteiger partial charge in [-0.15, -0.1) is 0 Å². The van der Waals surface area contributed by atoms with Gasteiger partial charge in [-0.2, -0.15) is 0 Å². The Balaban J connectivity index is 1.67. The maximum absolute atomic E-state index is 5.50. The van der Waals surface area contributed by atoms with Crippen LogP contribution in [0.3, 0.4) is 0 Å². The number of ether oxygens (including phenoxy) is 2. The fourth-order valence-electron chi connectivity index (χ4n) is 2.19. The largest absolute Gasteiger partial charge is 0.454 e. The van der Waals surface area contributed by atoms with Crippen molar-refractivity contribution in [2.75, 3.05) is 20.9 Å². The van der Waals surface area contributed by atoms with Crippen LogP contribution in [0.25, 0.3) is 0 Å². The third kappa shape index (κ3) is 2.86. The molecule has 0 aliphatic carbocycles. The Morgan fingerprint density at radius 2 is 2.19 bits per heavy atom. The van der Waals surface area contributed by atoms with E-state index in [1.54, 1.807) is 0 Å². The summed E-state index contributed by atoms with van der Waals surface area (Å²) in [6.07, 6.45) is -0.104. The normalized spacial score (nSPS) is 19.5. The summed E-state index contributed by atoms with van der Waals surface area (Å²) in [5.74, 6) is 3.09. The van der Waals surface area contributed by atoms with Crippen LogP contribution in [-0.2, 0) is 6.54 Å². The highest BCUT2D eigenvalue weighted by Crippen LogP contribution is 2.35. The van der Waals surface area contributed by atoms with Crippen LogP contribution < -0.4 is 20.1 Å². The monoisotopic (exact) mass is 289 g/mol. The van der Waals surface area contributed by atoms with Gasteiger partial charge in [-0.3, -0.25) is 5.32 Å². The Morgan fingerprint density at radius 1 is 1.33 bits per heavy atom. The molecule has 21 heavy (non-hydrogen) atoms. The highest BCUT2D eigenvalue weighted by Gasteiger charge is 2.18. The van der Waals surface area contributed by atoms with E-state index in [4.69, 9.17) is 9.47 Å². The van der Waals surface area contributed by atoms with Crippen molar-refractivity contribution < 1.29 is 9.47 Å². The molecule has 0 fully saturated rings. The summed E-state index contributed by atoms with van der Waals surface area (Å²) in [4.78, 5) is 10.8. The molecule has 0 saturated carbocycles. The van der Waals surface area contributed by atoms with Gasteiger partial charge in [-0.1, -0.05) is 12.1 Å². The van der Waals surface area contributed by atoms with Crippen molar-refractivity contribution in [3.8, 4) is 11.5 Å². The Morgan fingerprint density at radius 3 is 3.00 bits per heavy atom. The first-order valence-corrected chi connectivity index (χ1v) is 6.85. The summed E-state index contributed by atoms with van der Waals surface area (Å²) in [7, 11) is 3.88. The second kappa shape index (κ2) is 5.51. The average Bonchev–Trinajstić information content (AvgIpc) is 2.93. The second-order valence-corrected chi connectivity index (χ2v) is 5.09. The lowest BCUT2D eigenvalue weighted by Crippen LogP contribution is -2.49. The van der Waals surface area contributed by atoms with Crippen LogP contribution in [0.1, 0.15) is 12.5 Å². The van der Waals surface area contributed by atoms with Crippen LogP contribution >= 0.6 is 0 Å². The molecule has 2 aliphatic rings. The van der Waals surface area contributed by atoms with Gasteiger partial charge in [-0.25, -0.2) is 9.98 Å². The molecule has 7 heteroatoms. The topological polar surface area (TPSA) is 70.5 Å². The molecule has 2 aliphatic heterocycles. The molecule has 1 aromatic rings. The summed E-state index contributed by atoms with van der Waals surface area (Å²) in [5, 5.41) is 6.44. The van der Waals surface area contributed by atoms with E-state index in [2.05, 4.69) is 20.6 Å². The third-order valence-corrected chi connectivity index (χ3v) is 3.20. The van der Waals surface area contributed by atoms with Crippen LogP contribution in [0.2, 0.25) is 0 Å². The van der Waals surface area contributed by atoms with E-state index < -0.39 is 0 Å². The number of guanidine groups is 2. The van der Waals surface area contributed by atoms with Crippen molar-refractivity contribution >= 4 is 11.9 Å². The minimum absolute atomic E-state index is 0.104. The van der Waals surface area contributed by atoms with Crippen molar-refractivity contribution in [3.63, 3.8) is 0 Å². The highest BCUT2D eigenvalue weighted by atomic mass is 16.7. The molecular weight excluding hydrogens is 270 g/mol. The van der Waals surface area contributed by atoms with Crippen LogP contribution in [0, 0.1) is 0 Å². The van der Waals surface area contributed by atoms with Gasteiger partial charge in [0.05, 0.1) is 0 Å². The SMILES string of the molecule is CC1N=C(NCc2cccc3c2OCO3)NC(N(C)C)=N1. The number of para-hydroxylation sites is 1. The summed E-state index contributed by atoms with van der Waals surface area (Å²) in [5.41, 5.74) is 1.04. The van der Waals surface area contributed by atoms with Gasteiger partial charge >= 0.3 is 0 Å². The van der Waals surface area contributed by atoms with E-state index in [0.717, 1.165) is 23.0 Å². The van der Waals surface area contributed by atoms with Gasteiger partial charge in [0.15, 0.2) is 11.5 Å². The molecule has 1 aromatic carbocycles. The minimum Gasteiger partial charge on any atom is -0.454 e. The van der Waals surface area contributed by atoms with E-state index in [-0.39, 0.29) is 13.0 Å². The number of nitrogens with zero attached hydrogens (tertiary/aromatic N) is 3. The summed E-state index contributed by atoms with van der Waals surface area (Å²) >= 11 is 0. The van der Waals surface area contributed by atoms with Crippen LogP contribution in [0.4, 0.5) is 0 Å². The number of hydrogen-bond acceptors (Lipinski definition) is 7. The second-order valence-electron chi connectivity index (χ2n) is 5.09. The van der Waals surface area contributed by atoms with Crippen molar-refractivity contribution in [2.45, 2.75) is 19.6 Å².